The highest BCUT2D eigenvalue weighted by molar-refractivity contribution is 5.87. The molecule has 16 heteroatoms. The van der Waals surface area contributed by atoms with Gasteiger partial charge in [-0.3, -0.25) is 14.4 Å². The molecule has 0 unspecified atom stereocenters. The smallest absolute Gasteiger partial charge is 0.331 e. The van der Waals surface area contributed by atoms with Crippen molar-refractivity contribution < 1.29 is 72.1 Å². The first kappa shape index (κ1) is 60.6. The zero-order chi connectivity index (χ0) is 53.5. The van der Waals surface area contributed by atoms with Crippen molar-refractivity contribution in [1.82, 2.24) is 5.32 Å². The lowest BCUT2D eigenvalue weighted by Gasteiger charge is -2.31. The minimum absolute atomic E-state index is 0.0330. The maximum Gasteiger partial charge on any atom is 0.331 e. The summed E-state index contributed by atoms with van der Waals surface area (Å²) in [5, 5.41) is 25.0. The molecule has 4 heterocycles. The van der Waals surface area contributed by atoms with E-state index in [0.717, 1.165) is 16.7 Å². The van der Waals surface area contributed by atoms with Gasteiger partial charge in [0, 0.05) is 104 Å². The molecule has 3 N–H and O–H groups in total. The summed E-state index contributed by atoms with van der Waals surface area (Å²) in [6.45, 7) is 9.91. The Morgan fingerprint density at radius 2 is 1.42 bits per heavy atom. The zero-order valence-corrected chi connectivity index (χ0v) is 44.5. The fraction of sp³-hybridized carbons (Fsp3) is 0.632. The molecule has 406 valence electrons. The van der Waals surface area contributed by atoms with Crippen LogP contribution in [0.1, 0.15) is 118 Å². The van der Waals surface area contributed by atoms with E-state index in [1.54, 1.807) is 44.7 Å². The Morgan fingerprint density at radius 1 is 0.699 bits per heavy atom. The van der Waals surface area contributed by atoms with Crippen LogP contribution in [0.15, 0.2) is 95.3 Å². The Kier molecular flexibility index (Phi) is 26.3. The number of hydrogen-bond donors (Lipinski definition) is 3. The third kappa shape index (κ3) is 21.8. The number of allylic oxidation sites excluding steroid dienone is 6. The van der Waals surface area contributed by atoms with Crippen molar-refractivity contribution in [2.75, 3.05) is 35.0 Å². The van der Waals surface area contributed by atoms with Crippen molar-refractivity contribution in [1.29, 1.82) is 0 Å². The minimum atomic E-state index is -0.951. The van der Waals surface area contributed by atoms with Crippen LogP contribution in [0.2, 0.25) is 0 Å². The molecule has 6 bridgehead atoms. The number of aliphatic hydroxyl groups is 2. The molecule has 0 spiro atoms. The van der Waals surface area contributed by atoms with Gasteiger partial charge in [-0.2, -0.15) is 0 Å². The summed E-state index contributed by atoms with van der Waals surface area (Å²) >= 11 is 0. The van der Waals surface area contributed by atoms with E-state index in [2.05, 4.69) is 12.2 Å². The number of hydrogen-bond acceptors (Lipinski definition) is 15. The molecule has 0 saturated carbocycles. The molecule has 4 rings (SSSR count). The van der Waals surface area contributed by atoms with Crippen LogP contribution in [0.25, 0.3) is 0 Å². The lowest BCUT2D eigenvalue weighted by atomic mass is 9.86. The summed E-state index contributed by atoms with van der Waals surface area (Å²) in [4.78, 5) is 64.1. The molecule has 1 saturated heterocycles. The van der Waals surface area contributed by atoms with E-state index < -0.39 is 54.5 Å². The molecule has 1 fully saturated rings. The van der Waals surface area contributed by atoms with Gasteiger partial charge in [0.1, 0.15) is 24.4 Å². The van der Waals surface area contributed by atoms with E-state index in [9.17, 15) is 34.2 Å². The highest BCUT2D eigenvalue weighted by Gasteiger charge is 2.33. The fourth-order valence-electron chi connectivity index (χ4n) is 9.89. The van der Waals surface area contributed by atoms with Crippen molar-refractivity contribution in [3.8, 4) is 0 Å². The van der Waals surface area contributed by atoms with Crippen molar-refractivity contribution in [3.63, 3.8) is 0 Å². The van der Waals surface area contributed by atoms with E-state index in [1.165, 1.54) is 26.4 Å². The van der Waals surface area contributed by atoms with Gasteiger partial charge in [0.05, 0.1) is 43.5 Å². The Morgan fingerprint density at radius 3 is 2.15 bits per heavy atom. The number of carbonyl (C=O) groups is 5. The molecule has 16 nitrogen and oxygen atoms in total. The van der Waals surface area contributed by atoms with Gasteiger partial charge in [-0.05, 0) is 69.9 Å². The minimum Gasteiger partial charge on any atom is -0.462 e. The van der Waals surface area contributed by atoms with Gasteiger partial charge < -0.3 is 53.4 Å². The number of methoxy groups -OCH3 is 4. The van der Waals surface area contributed by atoms with Crippen LogP contribution in [-0.2, 0) is 61.9 Å². The zero-order valence-electron chi connectivity index (χ0n) is 44.5. The van der Waals surface area contributed by atoms with Crippen molar-refractivity contribution >= 4 is 29.8 Å². The summed E-state index contributed by atoms with van der Waals surface area (Å²) in [6, 6.07) is 0. The van der Waals surface area contributed by atoms with Crippen LogP contribution in [0.3, 0.4) is 0 Å². The van der Waals surface area contributed by atoms with Crippen LogP contribution in [0.4, 0.5) is 0 Å². The number of nitrogens with one attached hydrogen (secondary N) is 1. The summed E-state index contributed by atoms with van der Waals surface area (Å²) < 4.78 is 45.6. The molecule has 4 aliphatic rings. The molecular weight excluding hydrogens is 939 g/mol. The SMILES string of the molecule is COC[C@@H]1C/C(C)=C\[C@@H]2OC(=O)C=C(C/C=C/[C@@H](O)C[C@H](O)[C@H](C)[C@H](OC)CC[C@H](C)[C@H](OC)C[C@H]3CC(=CC(=O)O3)CC(=O)N/C=C\C=C/C[C@@H]3CC(=O)O[C@@H](C/C(C)=C/C=C\[C@@H](OC)CC(=O)O1)C3)[C@@H]2C. The Balaban J connectivity index is 1.48. The van der Waals surface area contributed by atoms with Crippen molar-refractivity contribution in [2.45, 2.75) is 173 Å². The Hall–Kier alpha value is -4.97. The standard InChI is InChI=1S/C57H83NO15/c1-36-15-13-19-45(67-7)34-57(65)72-48(35-66-6)24-37(2)25-52-39(4)43(31-56(64)73-52)17-14-18-44(59)32-49(60)40(5)50(68-8)21-20-38(3)51(69-9)33-47-27-42(30-55(63)71-47)28-53(61)58-22-12-10-11-16-41-26-46(23-36)70-54(62)29-41/h10-15,18-19,22,25,30-31,38-41,44-52,59-60H,16-17,20-21,23-24,26-29,32-35H2,1-9H3,(H,58,61)/b11-10-,18-14+,19-13-,22-12-,36-15+,37-25-/t38-,39-,40-,41-,44+,45+,46-,47+,48-,49-,50+,51+,52-/m0/s1. The highest BCUT2D eigenvalue weighted by Crippen LogP contribution is 2.32. The van der Waals surface area contributed by atoms with Crippen LogP contribution in [0.5, 0.6) is 0 Å². The molecule has 0 aliphatic carbocycles. The second kappa shape index (κ2) is 31.7. The van der Waals surface area contributed by atoms with Crippen molar-refractivity contribution in [2.24, 2.45) is 23.7 Å². The number of rotatable bonds is 5. The topological polar surface area (TPSA) is 212 Å². The summed E-state index contributed by atoms with van der Waals surface area (Å²) in [5.74, 6) is -2.33. The second-order valence-corrected chi connectivity index (χ2v) is 20.2. The van der Waals surface area contributed by atoms with Crippen LogP contribution in [0, 0.1) is 23.7 Å². The molecule has 0 aromatic carbocycles. The van der Waals surface area contributed by atoms with E-state index in [1.807, 2.05) is 58.1 Å². The van der Waals surface area contributed by atoms with E-state index in [-0.39, 0.29) is 79.7 Å². The number of aliphatic hydroxyl groups excluding tert-OH is 2. The number of fused-ring (bicyclic) bond motifs is 6. The van der Waals surface area contributed by atoms with Gasteiger partial charge >= 0.3 is 23.9 Å². The molecule has 0 aromatic rings. The summed E-state index contributed by atoms with van der Waals surface area (Å²) in [6.07, 6.45) is 21.0. The van der Waals surface area contributed by atoms with E-state index in [4.69, 9.17) is 37.9 Å². The Labute approximate surface area is 432 Å². The van der Waals surface area contributed by atoms with Gasteiger partial charge in [0.25, 0.3) is 0 Å². The largest absolute Gasteiger partial charge is 0.462 e. The van der Waals surface area contributed by atoms with Crippen LogP contribution in [-0.4, -0.2) is 130 Å². The molecule has 73 heavy (non-hydrogen) atoms. The maximum absolute atomic E-state index is 13.2. The number of amides is 1. The first-order chi connectivity index (χ1) is 34.9. The van der Waals surface area contributed by atoms with E-state index in [0.29, 0.717) is 69.8 Å². The maximum atomic E-state index is 13.2. The first-order valence-electron chi connectivity index (χ1n) is 25.8. The predicted octanol–water partition coefficient (Wildman–Crippen LogP) is 7.74. The molecule has 0 aromatic heterocycles. The van der Waals surface area contributed by atoms with Gasteiger partial charge in [0.2, 0.25) is 5.91 Å². The first-order valence-corrected chi connectivity index (χ1v) is 25.8. The summed E-state index contributed by atoms with van der Waals surface area (Å²) in [5.41, 5.74) is 3.32. The lowest BCUT2D eigenvalue weighted by Crippen LogP contribution is -2.35. The van der Waals surface area contributed by atoms with E-state index >= 15 is 0 Å². The lowest BCUT2D eigenvalue weighted by molar-refractivity contribution is -0.156. The number of ether oxygens (including phenoxy) is 8. The molecular formula is C57H83NO15. The van der Waals surface area contributed by atoms with Crippen molar-refractivity contribution in [3.05, 3.63) is 95.3 Å². The quantitative estimate of drug-likeness (QED) is 0.137. The second-order valence-electron chi connectivity index (χ2n) is 20.2. The number of esters is 4. The third-order valence-corrected chi connectivity index (χ3v) is 14.1. The number of carbonyl (C=O) groups excluding carboxylic acids is 5. The normalized spacial score (nSPS) is 36.3. The fourth-order valence-corrected chi connectivity index (χ4v) is 9.89. The number of cyclic esters (lactones) is 1. The van der Waals surface area contributed by atoms with Gasteiger partial charge in [-0.15, -0.1) is 0 Å². The molecule has 0 radical (unpaired) electrons. The van der Waals surface area contributed by atoms with Gasteiger partial charge in [-0.1, -0.05) is 85.6 Å². The molecule has 13 atom stereocenters. The molecule has 4 aliphatic heterocycles. The van der Waals surface area contributed by atoms with Crippen LogP contribution < -0.4 is 5.32 Å². The third-order valence-electron chi connectivity index (χ3n) is 14.1. The monoisotopic (exact) mass is 1020 g/mol. The molecule has 1 amide bonds. The average molecular weight is 1020 g/mol. The summed E-state index contributed by atoms with van der Waals surface area (Å²) in [7, 11) is 6.28. The Bertz CT molecular complexity index is 2070. The van der Waals surface area contributed by atoms with Gasteiger partial charge in [-0.25, -0.2) is 9.59 Å². The van der Waals surface area contributed by atoms with Crippen LogP contribution >= 0.6 is 0 Å². The highest BCUT2D eigenvalue weighted by atomic mass is 16.6. The average Bonchev–Trinajstić information content (AvgIpc) is 3.32. The predicted molar refractivity (Wildman–Crippen MR) is 275 cm³/mol. The van der Waals surface area contributed by atoms with Gasteiger partial charge in [0.15, 0.2) is 0 Å².